The van der Waals surface area contributed by atoms with E-state index in [1.54, 1.807) is 18.2 Å². The quantitative estimate of drug-likeness (QED) is 0.820. The highest BCUT2D eigenvalue weighted by molar-refractivity contribution is 6.36. The van der Waals surface area contributed by atoms with Crippen molar-refractivity contribution in [2.45, 2.75) is 25.7 Å². The van der Waals surface area contributed by atoms with E-state index in [1.165, 1.54) is 0 Å². The number of aliphatic carboxylic acids is 1. The van der Waals surface area contributed by atoms with Crippen LogP contribution in [-0.2, 0) is 11.2 Å². The van der Waals surface area contributed by atoms with Gasteiger partial charge in [0.05, 0.1) is 10.6 Å². The van der Waals surface area contributed by atoms with Crippen molar-refractivity contribution in [3.63, 3.8) is 0 Å². The molecule has 2 aromatic rings. The van der Waals surface area contributed by atoms with Gasteiger partial charge in [-0.25, -0.2) is 0 Å². The highest BCUT2D eigenvalue weighted by atomic mass is 35.5. The molecule has 0 aliphatic carbocycles. The molecule has 0 fully saturated rings. The van der Waals surface area contributed by atoms with Crippen molar-refractivity contribution in [2.75, 3.05) is 0 Å². The number of carbonyl (C=O) groups is 1. The number of nitrogens with zero attached hydrogens (tertiary/aromatic N) is 2. The summed E-state index contributed by atoms with van der Waals surface area (Å²) >= 11 is 11.9. The molecule has 0 atom stereocenters. The van der Waals surface area contributed by atoms with Crippen LogP contribution in [0.5, 0.6) is 0 Å². The Labute approximate surface area is 125 Å². The Morgan fingerprint density at radius 3 is 2.75 bits per heavy atom. The van der Waals surface area contributed by atoms with Crippen molar-refractivity contribution in [1.29, 1.82) is 0 Å². The summed E-state index contributed by atoms with van der Waals surface area (Å²) in [5.74, 6) is 0.000436. The number of aromatic nitrogens is 2. The maximum Gasteiger partial charge on any atom is 0.303 e. The molecule has 1 aromatic carbocycles. The van der Waals surface area contributed by atoms with Crippen molar-refractivity contribution < 1.29 is 14.3 Å². The first-order chi connectivity index (χ1) is 9.56. The molecule has 0 unspecified atom stereocenters. The Balaban J connectivity index is 1.99. The van der Waals surface area contributed by atoms with Crippen LogP contribution in [0.4, 0.5) is 0 Å². The van der Waals surface area contributed by atoms with E-state index >= 15 is 0 Å². The van der Waals surface area contributed by atoms with Crippen LogP contribution in [0.2, 0.25) is 10.0 Å². The lowest BCUT2D eigenvalue weighted by molar-refractivity contribution is -0.137. The van der Waals surface area contributed by atoms with Gasteiger partial charge in [-0.3, -0.25) is 4.79 Å². The normalized spacial score (nSPS) is 10.7. The zero-order chi connectivity index (χ0) is 14.5. The molecule has 1 heterocycles. The van der Waals surface area contributed by atoms with Gasteiger partial charge in [-0.2, -0.15) is 0 Å². The van der Waals surface area contributed by atoms with Crippen LogP contribution >= 0.6 is 23.2 Å². The standard InChI is InChI=1S/C13H12Cl2N2O3/c14-8-5-6-9(10(15)7-8)13-17-16-11(20-13)3-1-2-4-12(18)19/h5-7H,1-4H2,(H,18,19). The number of carboxylic acids is 1. The Kier molecular flexibility index (Phi) is 4.98. The fourth-order valence-electron chi connectivity index (χ4n) is 1.68. The molecule has 0 amide bonds. The van der Waals surface area contributed by atoms with Crippen LogP contribution in [0.3, 0.4) is 0 Å². The maximum absolute atomic E-state index is 10.4. The predicted octanol–water partition coefficient (Wildman–Crippen LogP) is 3.84. The summed E-state index contributed by atoms with van der Waals surface area (Å²) in [6.45, 7) is 0. The van der Waals surface area contributed by atoms with E-state index in [2.05, 4.69) is 10.2 Å². The minimum absolute atomic E-state index is 0.143. The highest BCUT2D eigenvalue weighted by Crippen LogP contribution is 2.29. The van der Waals surface area contributed by atoms with E-state index in [1.807, 2.05) is 0 Å². The van der Waals surface area contributed by atoms with Crippen molar-refractivity contribution in [3.8, 4) is 11.5 Å². The fourth-order valence-corrected chi connectivity index (χ4v) is 2.17. The first-order valence-corrected chi connectivity index (χ1v) is 6.81. The van der Waals surface area contributed by atoms with Gasteiger partial charge in [0.2, 0.25) is 11.8 Å². The number of halogens is 2. The van der Waals surface area contributed by atoms with Gasteiger partial charge in [-0.05, 0) is 31.0 Å². The monoisotopic (exact) mass is 314 g/mol. The SMILES string of the molecule is O=C(O)CCCCc1nnc(-c2ccc(Cl)cc2Cl)o1. The van der Waals surface area contributed by atoms with E-state index < -0.39 is 5.97 Å². The van der Waals surface area contributed by atoms with Gasteiger partial charge in [-0.1, -0.05) is 23.2 Å². The summed E-state index contributed by atoms with van der Waals surface area (Å²) in [5.41, 5.74) is 0.625. The molecule has 5 nitrogen and oxygen atoms in total. The lowest BCUT2D eigenvalue weighted by Crippen LogP contribution is -1.95. The second kappa shape index (κ2) is 6.72. The van der Waals surface area contributed by atoms with Crippen LogP contribution in [0.15, 0.2) is 22.6 Å². The van der Waals surface area contributed by atoms with Crippen molar-refractivity contribution in [2.24, 2.45) is 0 Å². The van der Waals surface area contributed by atoms with E-state index in [9.17, 15) is 4.79 Å². The van der Waals surface area contributed by atoms with Gasteiger partial charge in [0.15, 0.2) is 0 Å². The van der Waals surface area contributed by atoms with Gasteiger partial charge in [0.25, 0.3) is 0 Å². The van der Waals surface area contributed by atoms with Gasteiger partial charge in [0.1, 0.15) is 0 Å². The van der Waals surface area contributed by atoms with Crippen molar-refractivity contribution in [3.05, 3.63) is 34.1 Å². The number of carboxylic acid groups (broad SMARTS) is 1. The molecule has 1 N–H and O–H groups in total. The lowest BCUT2D eigenvalue weighted by atomic mass is 10.2. The minimum atomic E-state index is -0.802. The largest absolute Gasteiger partial charge is 0.481 e. The molecular weight excluding hydrogens is 303 g/mol. The summed E-state index contributed by atoms with van der Waals surface area (Å²) in [6, 6.07) is 5.01. The highest BCUT2D eigenvalue weighted by Gasteiger charge is 2.12. The van der Waals surface area contributed by atoms with Gasteiger partial charge >= 0.3 is 5.97 Å². The number of benzene rings is 1. The third kappa shape index (κ3) is 3.95. The van der Waals surface area contributed by atoms with Crippen LogP contribution in [0, 0.1) is 0 Å². The summed E-state index contributed by atoms with van der Waals surface area (Å²) in [7, 11) is 0. The fraction of sp³-hybridized carbons (Fsp3) is 0.308. The third-order valence-electron chi connectivity index (χ3n) is 2.66. The molecular formula is C13H12Cl2N2O3. The van der Waals surface area contributed by atoms with Gasteiger partial charge in [0, 0.05) is 17.9 Å². The predicted molar refractivity (Wildman–Crippen MR) is 74.9 cm³/mol. The molecule has 1 aromatic heterocycles. The smallest absolute Gasteiger partial charge is 0.303 e. The second-order valence-corrected chi connectivity index (χ2v) is 5.07. The third-order valence-corrected chi connectivity index (χ3v) is 3.21. The van der Waals surface area contributed by atoms with E-state index in [4.69, 9.17) is 32.7 Å². The molecule has 7 heteroatoms. The Bertz CT molecular complexity index is 613. The Hall–Kier alpha value is -1.59. The van der Waals surface area contributed by atoms with Crippen LogP contribution in [-0.4, -0.2) is 21.3 Å². The van der Waals surface area contributed by atoms with E-state index in [0.29, 0.717) is 46.7 Å². The molecule has 0 bridgehead atoms. The minimum Gasteiger partial charge on any atom is -0.481 e. The van der Waals surface area contributed by atoms with Crippen LogP contribution < -0.4 is 0 Å². The van der Waals surface area contributed by atoms with E-state index in [-0.39, 0.29) is 6.42 Å². The number of hydrogen-bond donors (Lipinski definition) is 1. The lowest BCUT2D eigenvalue weighted by Gasteiger charge is -1.99. The number of rotatable bonds is 6. The summed E-state index contributed by atoms with van der Waals surface area (Å²) in [6.07, 6.45) is 1.95. The molecule has 0 aliphatic heterocycles. The van der Waals surface area contributed by atoms with Gasteiger partial charge in [-0.15, -0.1) is 10.2 Å². The first kappa shape index (κ1) is 14.8. The molecule has 106 valence electrons. The van der Waals surface area contributed by atoms with Gasteiger partial charge < -0.3 is 9.52 Å². The first-order valence-electron chi connectivity index (χ1n) is 6.06. The van der Waals surface area contributed by atoms with E-state index in [0.717, 1.165) is 0 Å². The second-order valence-electron chi connectivity index (χ2n) is 4.23. The average molecular weight is 315 g/mol. The topological polar surface area (TPSA) is 76.2 Å². The Morgan fingerprint density at radius 2 is 2.05 bits per heavy atom. The maximum atomic E-state index is 10.4. The molecule has 20 heavy (non-hydrogen) atoms. The zero-order valence-electron chi connectivity index (χ0n) is 10.5. The average Bonchev–Trinajstić information content (AvgIpc) is 2.83. The molecule has 2 rings (SSSR count). The molecule has 0 saturated carbocycles. The summed E-state index contributed by atoms with van der Waals surface area (Å²) in [5, 5.41) is 17.4. The van der Waals surface area contributed by atoms with Crippen molar-refractivity contribution in [1.82, 2.24) is 10.2 Å². The summed E-state index contributed by atoms with van der Waals surface area (Å²) < 4.78 is 5.50. The van der Waals surface area contributed by atoms with Crippen LogP contribution in [0.25, 0.3) is 11.5 Å². The zero-order valence-corrected chi connectivity index (χ0v) is 12.0. The number of unbranched alkanes of at least 4 members (excludes halogenated alkanes) is 1. The number of hydrogen-bond acceptors (Lipinski definition) is 4. The molecule has 0 saturated heterocycles. The summed E-state index contributed by atoms with van der Waals surface area (Å²) in [4.78, 5) is 10.4. The molecule has 0 radical (unpaired) electrons. The van der Waals surface area contributed by atoms with Crippen LogP contribution in [0.1, 0.15) is 25.2 Å². The number of aryl methyl sites for hydroxylation is 1. The molecule has 0 aliphatic rings. The Morgan fingerprint density at radius 1 is 1.25 bits per heavy atom. The van der Waals surface area contributed by atoms with Crippen molar-refractivity contribution >= 4 is 29.2 Å². The molecule has 0 spiro atoms.